The minimum absolute atomic E-state index is 0.0104. The van der Waals surface area contributed by atoms with Crippen LogP contribution < -0.4 is 0 Å². The summed E-state index contributed by atoms with van der Waals surface area (Å²) in [5.41, 5.74) is -5.26. The van der Waals surface area contributed by atoms with Crippen LogP contribution in [0.4, 0.5) is 26.3 Å². The lowest BCUT2D eigenvalue weighted by Crippen LogP contribution is -2.64. The molecule has 24 heavy (non-hydrogen) atoms. The van der Waals surface area contributed by atoms with E-state index in [0.717, 1.165) is 0 Å². The first kappa shape index (κ1) is 19.7. The smallest absolute Gasteiger partial charge is 0.374 e. The highest BCUT2D eigenvalue weighted by Crippen LogP contribution is 2.49. The fraction of sp³-hybridized carbons (Fsp3) is 1.00. The SMILES string of the molecule is O=S(=O)(O)CC(O[C@H](O)C1CC2CCC1O2)(C(F)(F)F)C(F)(F)F. The van der Waals surface area contributed by atoms with Gasteiger partial charge in [-0.2, -0.15) is 34.8 Å². The van der Waals surface area contributed by atoms with Gasteiger partial charge in [-0.05, 0) is 19.3 Å². The third-order valence-corrected chi connectivity index (χ3v) is 4.91. The lowest BCUT2D eigenvalue weighted by atomic mass is 9.88. The first-order chi connectivity index (χ1) is 10.7. The molecule has 13 heteroatoms. The van der Waals surface area contributed by atoms with E-state index in [1.807, 2.05) is 0 Å². The van der Waals surface area contributed by atoms with Crippen molar-refractivity contribution in [3.05, 3.63) is 0 Å². The Morgan fingerprint density at radius 1 is 1.12 bits per heavy atom. The Labute approximate surface area is 132 Å². The molecule has 2 saturated heterocycles. The normalized spacial score (nSPS) is 29.9. The molecule has 4 atom stereocenters. The molecule has 2 rings (SSSR count). The zero-order chi connectivity index (χ0) is 18.6. The van der Waals surface area contributed by atoms with Crippen LogP contribution in [0.1, 0.15) is 19.3 Å². The van der Waals surface area contributed by atoms with Crippen LogP contribution in [0, 0.1) is 5.92 Å². The summed E-state index contributed by atoms with van der Waals surface area (Å²) in [5, 5.41) is 9.75. The number of aliphatic hydroxyl groups excluding tert-OH is 1. The van der Waals surface area contributed by atoms with Crippen molar-refractivity contribution < 1.29 is 53.9 Å². The van der Waals surface area contributed by atoms with Gasteiger partial charge in [0.05, 0.1) is 12.2 Å². The van der Waals surface area contributed by atoms with Crippen LogP contribution in [0.2, 0.25) is 0 Å². The van der Waals surface area contributed by atoms with Crippen molar-refractivity contribution in [1.82, 2.24) is 0 Å². The van der Waals surface area contributed by atoms with E-state index in [1.54, 1.807) is 0 Å². The highest BCUT2D eigenvalue weighted by Gasteiger charge is 2.75. The Kier molecular flexibility index (Phi) is 4.90. The number of rotatable bonds is 5. The molecule has 0 spiro atoms. The van der Waals surface area contributed by atoms with Crippen LogP contribution in [0.5, 0.6) is 0 Å². The molecule has 2 N–H and O–H groups in total. The standard InChI is InChI=1S/C11H14F6O6S/c12-10(13,14)9(11(15,16)17,4-24(19,20)21)23-8(18)6-3-5-1-2-7(6)22-5/h5-8,18H,1-4H2,(H,19,20,21)/t5?,6?,7?,8-/m0/s1. The summed E-state index contributed by atoms with van der Waals surface area (Å²) in [5.74, 6) is -3.97. The van der Waals surface area contributed by atoms with Gasteiger partial charge in [-0.25, -0.2) is 0 Å². The summed E-state index contributed by atoms with van der Waals surface area (Å²) in [7, 11) is -5.73. The monoisotopic (exact) mass is 388 g/mol. The Morgan fingerprint density at radius 3 is 2.00 bits per heavy atom. The van der Waals surface area contributed by atoms with E-state index in [2.05, 4.69) is 4.74 Å². The maximum absolute atomic E-state index is 13.1. The number of aliphatic hydroxyl groups is 1. The molecule has 0 aromatic heterocycles. The maximum atomic E-state index is 13.1. The average Bonchev–Trinajstić information content (AvgIpc) is 2.95. The summed E-state index contributed by atoms with van der Waals surface area (Å²) in [6, 6.07) is 0. The second-order valence-electron chi connectivity index (χ2n) is 5.83. The van der Waals surface area contributed by atoms with E-state index in [4.69, 9.17) is 9.29 Å². The number of hydrogen-bond acceptors (Lipinski definition) is 5. The van der Waals surface area contributed by atoms with Gasteiger partial charge in [-0.1, -0.05) is 0 Å². The number of ether oxygens (including phenoxy) is 2. The first-order valence-electron chi connectivity index (χ1n) is 6.76. The summed E-state index contributed by atoms with van der Waals surface area (Å²) >= 11 is 0. The van der Waals surface area contributed by atoms with Crippen molar-refractivity contribution in [3.8, 4) is 0 Å². The van der Waals surface area contributed by atoms with Crippen molar-refractivity contribution in [2.75, 3.05) is 5.75 Å². The second-order valence-corrected chi connectivity index (χ2v) is 7.28. The Bertz CT molecular complexity index is 559. The van der Waals surface area contributed by atoms with Crippen molar-refractivity contribution in [1.29, 1.82) is 0 Å². The molecule has 0 aliphatic carbocycles. The maximum Gasteiger partial charge on any atom is 0.427 e. The molecule has 0 aromatic rings. The van der Waals surface area contributed by atoms with Crippen LogP contribution in [0.25, 0.3) is 0 Å². The molecule has 2 bridgehead atoms. The topological polar surface area (TPSA) is 93.1 Å². The second kappa shape index (κ2) is 5.97. The quantitative estimate of drug-likeness (QED) is 0.423. The van der Waals surface area contributed by atoms with Crippen molar-refractivity contribution in [2.24, 2.45) is 5.92 Å². The molecule has 142 valence electrons. The predicted molar refractivity (Wildman–Crippen MR) is 64.4 cm³/mol. The number of hydrogen-bond donors (Lipinski definition) is 2. The third kappa shape index (κ3) is 3.64. The van der Waals surface area contributed by atoms with E-state index in [9.17, 15) is 39.9 Å². The van der Waals surface area contributed by atoms with Gasteiger partial charge in [0.25, 0.3) is 15.7 Å². The Hall–Kier alpha value is -0.630. The molecule has 0 aromatic carbocycles. The van der Waals surface area contributed by atoms with Gasteiger partial charge in [0, 0.05) is 5.92 Å². The van der Waals surface area contributed by atoms with Gasteiger partial charge in [0.15, 0.2) is 6.29 Å². The van der Waals surface area contributed by atoms with E-state index in [0.29, 0.717) is 12.8 Å². The fourth-order valence-corrected chi connectivity index (χ4v) is 3.93. The molecular formula is C11H14F6O6S. The van der Waals surface area contributed by atoms with Crippen molar-refractivity contribution in [2.45, 2.75) is 55.7 Å². The molecule has 3 unspecified atom stereocenters. The van der Waals surface area contributed by atoms with Crippen LogP contribution in [0.3, 0.4) is 0 Å². The lowest BCUT2D eigenvalue weighted by molar-refractivity contribution is -0.403. The number of fused-ring (bicyclic) bond motifs is 2. The van der Waals surface area contributed by atoms with E-state index in [1.165, 1.54) is 0 Å². The molecule has 0 radical (unpaired) electrons. The van der Waals surface area contributed by atoms with Gasteiger partial charge in [-0.3, -0.25) is 4.55 Å². The first-order valence-corrected chi connectivity index (χ1v) is 8.37. The predicted octanol–water partition coefficient (Wildman–Crippen LogP) is 1.64. The Morgan fingerprint density at radius 2 is 1.67 bits per heavy atom. The molecule has 6 nitrogen and oxygen atoms in total. The fourth-order valence-electron chi connectivity index (χ4n) is 3.02. The molecular weight excluding hydrogens is 374 g/mol. The summed E-state index contributed by atoms with van der Waals surface area (Å²) in [6.07, 6.45) is -15.3. The average molecular weight is 388 g/mol. The van der Waals surface area contributed by atoms with Crippen LogP contribution >= 0.6 is 0 Å². The zero-order valence-electron chi connectivity index (χ0n) is 11.8. The summed E-state index contributed by atoms with van der Waals surface area (Å²) in [4.78, 5) is 0. The summed E-state index contributed by atoms with van der Waals surface area (Å²) in [6.45, 7) is 0. The molecule has 2 fully saturated rings. The van der Waals surface area contributed by atoms with Gasteiger partial charge in [0.2, 0.25) is 0 Å². The minimum Gasteiger partial charge on any atom is -0.374 e. The highest BCUT2D eigenvalue weighted by atomic mass is 32.2. The molecule has 2 aliphatic rings. The van der Waals surface area contributed by atoms with Gasteiger partial charge in [-0.15, -0.1) is 0 Å². The third-order valence-electron chi connectivity index (χ3n) is 4.14. The Balaban J connectivity index is 2.34. The van der Waals surface area contributed by atoms with Crippen molar-refractivity contribution in [3.63, 3.8) is 0 Å². The highest BCUT2D eigenvalue weighted by molar-refractivity contribution is 7.85. The number of alkyl halides is 6. The zero-order valence-corrected chi connectivity index (χ0v) is 12.7. The van der Waals surface area contributed by atoms with Crippen LogP contribution in [-0.2, 0) is 19.6 Å². The van der Waals surface area contributed by atoms with Crippen LogP contribution in [0.15, 0.2) is 0 Å². The van der Waals surface area contributed by atoms with Gasteiger partial charge in [0.1, 0.15) is 5.75 Å². The number of halogens is 6. The molecule has 0 saturated carbocycles. The molecule has 2 heterocycles. The summed E-state index contributed by atoms with van der Waals surface area (Å²) < 4.78 is 118. The lowest BCUT2D eigenvalue weighted by Gasteiger charge is -2.39. The van der Waals surface area contributed by atoms with E-state index >= 15 is 0 Å². The van der Waals surface area contributed by atoms with E-state index in [-0.39, 0.29) is 6.42 Å². The molecule has 0 amide bonds. The minimum atomic E-state index is -6.25. The van der Waals surface area contributed by atoms with Gasteiger partial charge < -0.3 is 14.6 Å². The van der Waals surface area contributed by atoms with Crippen molar-refractivity contribution >= 4 is 10.1 Å². The molecule has 2 aliphatic heterocycles. The van der Waals surface area contributed by atoms with E-state index < -0.39 is 58.2 Å². The van der Waals surface area contributed by atoms with Gasteiger partial charge >= 0.3 is 12.4 Å². The van der Waals surface area contributed by atoms with Crippen LogP contribution in [-0.4, -0.2) is 60.3 Å². The largest absolute Gasteiger partial charge is 0.427 e.